The van der Waals surface area contributed by atoms with Gasteiger partial charge in [-0.05, 0) is 71.2 Å². The Hall–Kier alpha value is -3.56. The monoisotopic (exact) mass is 490 g/mol. The van der Waals surface area contributed by atoms with Crippen molar-refractivity contribution in [2.24, 2.45) is 0 Å². The fourth-order valence-electron chi connectivity index (χ4n) is 3.07. The summed E-state index contributed by atoms with van der Waals surface area (Å²) in [5.41, 5.74) is 4.52. The lowest BCUT2D eigenvalue weighted by Crippen LogP contribution is -2.13. The zero-order valence-corrected chi connectivity index (χ0v) is 19.7. The predicted octanol–water partition coefficient (Wildman–Crippen LogP) is 6.20. The summed E-state index contributed by atoms with van der Waals surface area (Å²) in [5.74, 6) is 0.564. The van der Waals surface area contributed by atoms with Crippen molar-refractivity contribution >= 4 is 33.6 Å². The number of carbonyl (C=O) groups excluding carboxylic acids is 1. The van der Waals surface area contributed by atoms with Gasteiger partial charge in [0.2, 0.25) is 0 Å². The standard InChI is InChI=1S/C26H23BrN2O3/c1-17-7-9-22(10-8-17)29-26(30)21(15-28)12-20-13-23(27)25(24(14-20)31-3)32-16-19-6-4-5-18(2)11-19/h4-14H,16H2,1-3H3,(H,29,30). The second kappa shape index (κ2) is 10.7. The first-order valence-corrected chi connectivity index (χ1v) is 10.7. The lowest BCUT2D eigenvalue weighted by atomic mass is 10.1. The number of nitriles is 1. The van der Waals surface area contributed by atoms with E-state index in [2.05, 4.69) is 27.3 Å². The largest absolute Gasteiger partial charge is 0.493 e. The molecule has 0 saturated carbocycles. The molecule has 0 saturated heterocycles. The molecule has 3 aromatic carbocycles. The smallest absolute Gasteiger partial charge is 0.266 e. The van der Waals surface area contributed by atoms with Crippen LogP contribution in [0.25, 0.3) is 6.08 Å². The number of halogens is 1. The van der Waals surface area contributed by atoms with Crippen LogP contribution in [0.3, 0.4) is 0 Å². The highest BCUT2D eigenvalue weighted by molar-refractivity contribution is 9.10. The minimum atomic E-state index is -0.480. The van der Waals surface area contributed by atoms with Crippen LogP contribution in [-0.4, -0.2) is 13.0 Å². The maximum Gasteiger partial charge on any atom is 0.266 e. The first-order valence-electron chi connectivity index (χ1n) is 9.95. The van der Waals surface area contributed by atoms with E-state index >= 15 is 0 Å². The van der Waals surface area contributed by atoms with Gasteiger partial charge in [-0.1, -0.05) is 47.5 Å². The number of nitrogens with one attached hydrogen (secondary N) is 1. The number of methoxy groups -OCH3 is 1. The third-order valence-electron chi connectivity index (χ3n) is 4.70. The summed E-state index contributed by atoms with van der Waals surface area (Å²) in [4.78, 5) is 12.6. The van der Waals surface area contributed by atoms with Gasteiger partial charge in [0.05, 0.1) is 11.6 Å². The van der Waals surface area contributed by atoms with Gasteiger partial charge in [-0.3, -0.25) is 4.79 Å². The van der Waals surface area contributed by atoms with Crippen molar-refractivity contribution in [2.45, 2.75) is 20.5 Å². The van der Waals surface area contributed by atoms with Gasteiger partial charge in [0.25, 0.3) is 5.91 Å². The second-order valence-electron chi connectivity index (χ2n) is 7.30. The molecular weight excluding hydrogens is 468 g/mol. The molecule has 0 aliphatic carbocycles. The average Bonchev–Trinajstić information content (AvgIpc) is 2.77. The number of nitrogens with zero attached hydrogens (tertiary/aromatic N) is 1. The van der Waals surface area contributed by atoms with E-state index in [4.69, 9.17) is 9.47 Å². The minimum absolute atomic E-state index is 0.0204. The van der Waals surface area contributed by atoms with E-state index in [1.165, 1.54) is 6.08 Å². The molecule has 1 N–H and O–H groups in total. The third kappa shape index (κ3) is 5.99. The van der Waals surface area contributed by atoms with E-state index < -0.39 is 5.91 Å². The molecule has 0 aliphatic rings. The van der Waals surface area contributed by atoms with E-state index in [0.717, 1.165) is 16.7 Å². The Balaban J connectivity index is 1.81. The Morgan fingerprint density at radius 1 is 1.09 bits per heavy atom. The SMILES string of the molecule is COc1cc(C=C(C#N)C(=O)Nc2ccc(C)cc2)cc(Br)c1OCc1cccc(C)c1. The lowest BCUT2D eigenvalue weighted by Gasteiger charge is -2.14. The molecule has 32 heavy (non-hydrogen) atoms. The molecule has 0 spiro atoms. The van der Waals surface area contributed by atoms with Gasteiger partial charge >= 0.3 is 0 Å². The van der Waals surface area contributed by atoms with Gasteiger partial charge in [0.1, 0.15) is 18.2 Å². The number of benzene rings is 3. The highest BCUT2D eigenvalue weighted by Crippen LogP contribution is 2.37. The fourth-order valence-corrected chi connectivity index (χ4v) is 3.65. The van der Waals surface area contributed by atoms with Gasteiger partial charge in [-0.15, -0.1) is 0 Å². The van der Waals surface area contributed by atoms with Crippen LogP contribution in [0.5, 0.6) is 11.5 Å². The molecule has 3 aromatic rings. The summed E-state index contributed by atoms with van der Waals surface area (Å²) in [7, 11) is 1.55. The third-order valence-corrected chi connectivity index (χ3v) is 5.29. The van der Waals surface area contributed by atoms with E-state index in [0.29, 0.717) is 33.8 Å². The Morgan fingerprint density at radius 3 is 2.50 bits per heavy atom. The number of carbonyl (C=O) groups is 1. The number of ether oxygens (including phenoxy) is 2. The Bertz CT molecular complexity index is 1190. The number of anilines is 1. The maximum absolute atomic E-state index is 12.6. The van der Waals surface area contributed by atoms with E-state index in [-0.39, 0.29) is 5.57 Å². The van der Waals surface area contributed by atoms with Crippen molar-refractivity contribution in [1.29, 1.82) is 5.26 Å². The summed E-state index contributed by atoms with van der Waals surface area (Å²) >= 11 is 3.52. The second-order valence-corrected chi connectivity index (χ2v) is 8.16. The van der Waals surface area contributed by atoms with Gasteiger partial charge < -0.3 is 14.8 Å². The molecule has 0 heterocycles. The lowest BCUT2D eigenvalue weighted by molar-refractivity contribution is -0.112. The molecule has 162 valence electrons. The zero-order chi connectivity index (χ0) is 23.1. The Labute approximate surface area is 196 Å². The molecule has 0 bridgehead atoms. The molecule has 0 fully saturated rings. The van der Waals surface area contributed by atoms with Crippen LogP contribution in [0, 0.1) is 25.2 Å². The molecule has 1 amide bonds. The van der Waals surface area contributed by atoms with Crippen LogP contribution in [0.2, 0.25) is 0 Å². The van der Waals surface area contributed by atoms with Crippen LogP contribution < -0.4 is 14.8 Å². The topological polar surface area (TPSA) is 71.3 Å². The quantitative estimate of drug-likeness (QED) is 0.316. The molecule has 0 unspecified atom stereocenters. The minimum Gasteiger partial charge on any atom is -0.493 e. The predicted molar refractivity (Wildman–Crippen MR) is 130 cm³/mol. The van der Waals surface area contributed by atoms with Crippen LogP contribution in [0.4, 0.5) is 5.69 Å². The van der Waals surface area contributed by atoms with Crippen molar-refractivity contribution in [2.75, 3.05) is 12.4 Å². The maximum atomic E-state index is 12.6. The number of rotatable bonds is 7. The van der Waals surface area contributed by atoms with Crippen molar-refractivity contribution in [3.05, 3.63) is 93.0 Å². The number of hydrogen-bond acceptors (Lipinski definition) is 4. The Morgan fingerprint density at radius 2 is 1.84 bits per heavy atom. The van der Waals surface area contributed by atoms with Crippen LogP contribution in [-0.2, 0) is 11.4 Å². The van der Waals surface area contributed by atoms with Crippen molar-refractivity contribution < 1.29 is 14.3 Å². The van der Waals surface area contributed by atoms with E-state index in [1.807, 2.05) is 50.2 Å². The number of amides is 1. The summed E-state index contributed by atoms with van der Waals surface area (Å²) in [6, 6.07) is 20.9. The molecule has 5 nitrogen and oxygen atoms in total. The molecule has 0 aromatic heterocycles. The molecular formula is C26H23BrN2O3. The summed E-state index contributed by atoms with van der Waals surface area (Å²) < 4.78 is 12.1. The first kappa shape index (κ1) is 23.1. The summed E-state index contributed by atoms with van der Waals surface area (Å²) in [5, 5.41) is 12.3. The molecule has 0 radical (unpaired) electrons. The fraction of sp³-hybridized carbons (Fsp3) is 0.154. The summed E-state index contributed by atoms with van der Waals surface area (Å²) in [6.07, 6.45) is 1.52. The van der Waals surface area contributed by atoms with Gasteiger partial charge in [0, 0.05) is 5.69 Å². The van der Waals surface area contributed by atoms with Gasteiger partial charge in [-0.2, -0.15) is 5.26 Å². The zero-order valence-electron chi connectivity index (χ0n) is 18.1. The van der Waals surface area contributed by atoms with Crippen molar-refractivity contribution in [1.82, 2.24) is 0 Å². The van der Waals surface area contributed by atoms with E-state index in [9.17, 15) is 10.1 Å². The van der Waals surface area contributed by atoms with Crippen LogP contribution in [0.1, 0.15) is 22.3 Å². The van der Waals surface area contributed by atoms with Gasteiger partial charge in [0.15, 0.2) is 11.5 Å². The molecule has 6 heteroatoms. The number of aryl methyl sites for hydroxylation is 2. The van der Waals surface area contributed by atoms with Gasteiger partial charge in [-0.25, -0.2) is 0 Å². The van der Waals surface area contributed by atoms with E-state index in [1.54, 1.807) is 31.4 Å². The number of hydrogen-bond donors (Lipinski definition) is 1. The van der Waals surface area contributed by atoms with Crippen molar-refractivity contribution in [3.8, 4) is 17.6 Å². The molecule has 0 atom stereocenters. The average molecular weight is 491 g/mol. The van der Waals surface area contributed by atoms with Crippen molar-refractivity contribution in [3.63, 3.8) is 0 Å². The molecule has 3 rings (SSSR count). The van der Waals surface area contributed by atoms with Crippen LogP contribution >= 0.6 is 15.9 Å². The highest BCUT2D eigenvalue weighted by atomic mass is 79.9. The normalized spacial score (nSPS) is 10.9. The first-order chi connectivity index (χ1) is 15.4. The molecule has 0 aliphatic heterocycles. The Kier molecular flexibility index (Phi) is 7.69. The highest BCUT2D eigenvalue weighted by Gasteiger charge is 2.14. The summed E-state index contributed by atoms with van der Waals surface area (Å²) in [6.45, 7) is 4.38. The van der Waals surface area contributed by atoms with Crippen LogP contribution in [0.15, 0.2) is 70.7 Å².